The Kier molecular flexibility index (Phi) is 2.99. The Hall–Kier alpha value is -1.09. The number of rotatable bonds is 2. The van der Waals surface area contributed by atoms with E-state index in [2.05, 4.69) is 10.6 Å². The van der Waals surface area contributed by atoms with Crippen LogP contribution in [0.15, 0.2) is 24.3 Å². The summed E-state index contributed by atoms with van der Waals surface area (Å²) in [5, 5.41) is 6.64. The normalized spacial score (nSPS) is 18.1. The van der Waals surface area contributed by atoms with Gasteiger partial charge in [-0.15, -0.1) is 0 Å². The van der Waals surface area contributed by atoms with Gasteiger partial charge >= 0.3 is 0 Å². The SMILES string of the molecule is Fc1cccc(NC2CCNCC2)c1. The lowest BCUT2D eigenvalue weighted by Gasteiger charge is -2.24. The van der Waals surface area contributed by atoms with E-state index in [1.807, 2.05) is 6.07 Å². The Morgan fingerprint density at radius 3 is 2.79 bits per heavy atom. The third-order valence-corrected chi connectivity index (χ3v) is 2.53. The second-order valence-electron chi connectivity index (χ2n) is 3.68. The van der Waals surface area contributed by atoms with Crippen LogP contribution < -0.4 is 10.6 Å². The van der Waals surface area contributed by atoms with Gasteiger partial charge in [0.15, 0.2) is 0 Å². The van der Waals surface area contributed by atoms with Gasteiger partial charge in [-0.25, -0.2) is 4.39 Å². The summed E-state index contributed by atoms with van der Waals surface area (Å²) >= 11 is 0. The molecule has 1 aromatic carbocycles. The van der Waals surface area contributed by atoms with Crippen molar-refractivity contribution in [3.8, 4) is 0 Å². The molecule has 1 aliphatic rings. The fourth-order valence-corrected chi connectivity index (χ4v) is 1.78. The van der Waals surface area contributed by atoms with Crippen LogP contribution in [-0.2, 0) is 0 Å². The number of halogens is 1. The molecular formula is C11H15FN2. The van der Waals surface area contributed by atoms with Crippen LogP contribution in [0.1, 0.15) is 12.8 Å². The molecule has 1 fully saturated rings. The fraction of sp³-hybridized carbons (Fsp3) is 0.455. The van der Waals surface area contributed by atoms with Gasteiger partial charge in [0.05, 0.1) is 0 Å². The van der Waals surface area contributed by atoms with Gasteiger partial charge in [0.2, 0.25) is 0 Å². The van der Waals surface area contributed by atoms with E-state index in [4.69, 9.17) is 0 Å². The third-order valence-electron chi connectivity index (χ3n) is 2.53. The van der Waals surface area contributed by atoms with Crippen LogP contribution in [-0.4, -0.2) is 19.1 Å². The highest BCUT2D eigenvalue weighted by Gasteiger charge is 2.12. The Balaban J connectivity index is 1.95. The lowest BCUT2D eigenvalue weighted by atomic mass is 10.1. The molecule has 0 amide bonds. The van der Waals surface area contributed by atoms with Crippen molar-refractivity contribution in [1.82, 2.24) is 5.32 Å². The van der Waals surface area contributed by atoms with Crippen molar-refractivity contribution in [2.45, 2.75) is 18.9 Å². The molecule has 0 aliphatic carbocycles. The van der Waals surface area contributed by atoms with Gasteiger partial charge in [0.1, 0.15) is 5.82 Å². The molecule has 1 saturated heterocycles. The highest BCUT2D eigenvalue weighted by Crippen LogP contribution is 2.14. The molecule has 0 aromatic heterocycles. The highest BCUT2D eigenvalue weighted by atomic mass is 19.1. The Morgan fingerprint density at radius 2 is 2.07 bits per heavy atom. The largest absolute Gasteiger partial charge is 0.382 e. The van der Waals surface area contributed by atoms with Crippen LogP contribution in [0.4, 0.5) is 10.1 Å². The van der Waals surface area contributed by atoms with Crippen molar-refractivity contribution < 1.29 is 4.39 Å². The summed E-state index contributed by atoms with van der Waals surface area (Å²) in [4.78, 5) is 0. The first kappa shape index (κ1) is 9.46. The van der Waals surface area contributed by atoms with E-state index in [0.29, 0.717) is 6.04 Å². The maximum Gasteiger partial charge on any atom is 0.125 e. The van der Waals surface area contributed by atoms with Gasteiger partial charge in [-0.2, -0.15) is 0 Å². The van der Waals surface area contributed by atoms with E-state index < -0.39 is 0 Å². The average molecular weight is 194 g/mol. The molecule has 14 heavy (non-hydrogen) atoms. The number of hydrogen-bond donors (Lipinski definition) is 2. The van der Waals surface area contributed by atoms with E-state index in [9.17, 15) is 4.39 Å². The predicted octanol–water partition coefficient (Wildman–Crippen LogP) is 1.99. The molecule has 2 N–H and O–H groups in total. The predicted molar refractivity (Wildman–Crippen MR) is 55.9 cm³/mol. The monoisotopic (exact) mass is 194 g/mol. The van der Waals surface area contributed by atoms with Gasteiger partial charge in [0, 0.05) is 11.7 Å². The molecule has 2 nitrogen and oxygen atoms in total. The van der Waals surface area contributed by atoms with Crippen LogP contribution in [0.2, 0.25) is 0 Å². The first-order valence-electron chi connectivity index (χ1n) is 5.07. The number of hydrogen-bond acceptors (Lipinski definition) is 2. The first-order valence-corrected chi connectivity index (χ1v) is 5.07. The average Bonchev–Trinajstić information content (AvgIpc) is 2.19. The minimum absolute atomic E-state index is 0.177. The van der Waals surface area contributed by atoms with Crippen molar-refractivity contribution in [2.75, 3.05) is 18.4 Å². The van der Waals surface area contributed by atoms with Crippen molar-refractivity contribution in [3.63, 3.8) is 0 Å². The fourth-order valence-electron chi connectivity index (χ4n) is 1.78. The molecular weight excluding hydrogens is 179 g/mol. The summed E-state index contributed by atoms with van der Waals surface area (Å²) < 4.78 is 12.9. The Labute approximate surface area is 83.5 Å². The summed E-state index contributed by atoms with van der Waals surface area (Å²) in [6.07, 6.45) is 2.22. The second kappa shape index (κ2) is 4.42. The van der Waals surface area contributed by atoms with Crippen LogP contribution in [0.3, 0.4) is 0 Å². The highest BCUT2D eigenvalue weighted by molar-refractivity contribution is 5.44. The quantitative estimate of drug-likeness (QED) is 0.752. The molecule has 1 aliphatic heterocycles. The third kappa shape index (κ3) is 2.45. The molecule has 2 rings (SSSR count). The van der Waals surface area contributed by atoms with Crippen LogP contribution in [0, 0.1) is 5.82 Å². The van der Waals surface area contributed by atoms with Gasteiger partial charge in [0.25, 0.3) is 0 Å². The maximum atomic E-state index is 12.9. The maximum absolute atomic E-state index is 12.9. The second-order valence-corrected chi connectivity index (χ2v) is 3.68. The zero-order valence-corrected chi connectivity index (χ0v) is 8.09. The lowest BCUT2D eigenvalue weighted by Crippen LogP contribution is -2.35. The van der Waals surface area contributed by atoms with Gasteiger partial charge in [-0.3, -0.25) is 0 Å². The van der Waals surface area contributed by atoms with Crippen LogP contribution >= 0.6 is 0 Å². The molecule has 0 unspecified atom stereocenters. The molecule has 0 radical (unpaired) electrons. The van der Waals surface area contributed by atoms with E-state index in [1.54, 1.807) is 12.1 Å². The summed E-state index contributed by atoms with van der Waals surface area (Å²) in [6, 6.07) is 7.14. The zero-order chi connectivity index (χ0) is 9.80. The molecule has 76 valence electrons. The number of piperidine rings is 1. The van der Waals surface area contributed by atoms with E-state index >= 15 is 0 Å². The summed E-state index contributed by atoms with van der Waals surface area (Å²) in [6.45, 7) is 2.10. The first-order chi connectivity index (χ1) is 6.84. The van der Waals surface area contributed by atoms with Gasteiger partial charge in [-0.05, 0) is 44.1 Å². The number of benzene rings is 1. The standard InChI is InChI=1S/C11H15FN2/c12-9-2-1-3-11(8-9)14-10-4-6-13-7-5-10/h1-3,8,10,13-14H,4-7H2. The molecule has 1 aromatic rings. The topological polar surface area (TPSA) is 24.1 Å². The van der Waals surface area contributed by atoms with Crippen molar-refractivity contribution in [1.29, 1.82) is 0 Å². The van der Waals surface area contributed by atoms with Crippen LogP contribution in [0.25, 0.3) is 0 Å². The summed E-state index contributed by atoms with van der Waals surface area (Å²) in [5.74, 6) is -0.177. The molecule has 0 bridgehead atoms. The van der Waals surface area contributed by atoms with E-state index in [1.165, 1.54) is 6.07 Å². The van der Waals surface area contributed by atoms with E-state index in [-0.39, 0.29) is 5.82 Å². The summed E-state index contributed by atoms with van der Waals surface area (Å²) in [5.41, 5.74) is 0.886. The van der Waals surface area contributed by atoms with Gasteiger partial charge in [-0.1, -0.05) is 6.07 Å². The van der Waals surface area contributed by atoms with E-state index in [0.717, 1.165) is 31.6 Å². The Morgan fingerprint density at radius 1 is 1.29 bits per heavy atom. The molecule has 0 atom stereocenters. The zero-order valence-electron chi connectivity index (χ0n) is 8.09. The number of nitrogens with one attached hydrogen (secondary N) is 2. The molecule has 3 heteroatoms. The van der Waals surface area contributed by atoms with Crippen molar-refractivity contribution >= 4 is 5.69 Å². The molecule has 0 spiro atoms. The van der Waals surface area contributed by atoms with Gasteiger partial charge < -0.3 is 10.6 Å². The summed E-state index contributed by atoms with van der Waals surface area (Å²) in [7, 11) is 0. The van der Waals surface area contributed by atoms with Crippen LogP contribution in [0.5, 0.6) is 0 Å². The minimum atomic E-state index is -0.177. The molecule has 0 saturated carbocycles. The Bertz CT molecular complexity index is 295. The number of anilines is 1. The molecule has 1 heterocycles. The van der Waals surface area contributed by atoms with Crippen molar-refractivity contribution in [2.24, 2.45) is 0 Å². The smallest absolute Gasteiger partial charge is 0.125 e. The van der Waals surface area contributed by atoms with Crippen molar-refractivity contribution in [3.05, 3.63) is 30.1 Å². The minimum Gasteiger partial charge on any atom is -0.382 e. The lowest BCUT2D eigenvalue weighted by molar-refractivity contribution is 0.479.